The van der Waals surface area contributed by atoms with Crippen LogP contribution in [0.1, 0.15) is 30.6 Å². The van der Waals surface area contributed by atoms with Gasteiger partial charge >= 0.3 is 5.97 Å². The highest BCUT2D eigenvalue weighted by Gasteiger charge is 2.29. The first kappa shape index (κ1) is 20.4. The van der Waals surface area contributed by atoms with E-state index in [0.29, 0.717) is 29.2 Å². The van der Waals surface area contributed by atoms with E-state index in [0.717, 1.165) is 0 Å². The zero-order valence-corrected chi connectivity index (χ0v) is 16.3. The number of rotatable bonds is 7. The fourth-order valence-electron chi connectivity index (χ4n) is 2.77. The molecule has 7 heteroatoms. The number of hydrogen-bond donors (Lipinski definition) is 1. The molecule has 1 amide bonds. The molecule has 0 saturated heterocycles. The summed E-state index contributed by atoms with van der Waals surface area (Å²) in [6, 6.07) is 13.5. The zero-order valence-electron chi connectivity index (χ0n) is 16.3. The Morgan fingerprint density at radius 1 is 1.07 bits per heavy atom. The summed E-state index contributed by atoms with van der Waals surface area (Å²) in [7, 11) is 0. The molecule has 0 bridgehead atoms. The van der Waals surface area contributed by atoms with Crippen molar-refractivity contribution in [3.63, 3.8) is 0 Å². The minimum atomic E-state index is -0.920. The van der Waals surface area contributed by atoms with Crippen LogP contribution in [-0.4, -0.2) is 37.0 Å². The van der Waals surface area contributed by atoms with Crippen LogP contribution in [0.3, 0.4) is 0 Å². The minimum Gasteiger partial charge on any atom is -0.485 e. The number of carbonyl (C=O) groups excluding carboxylic acids is 3. The van der Waals surface area contributed by atoms with Crippen molar-refractivity contribution in [1.82, 2.24) is 0 Å². The molecule has 1 atom stereocenters. The molecule has 1 aliphatic heterocycles. The summed E-state index contributed by atoms with van der Waals surface area (Å²) in [6.07, 6.45) is -0.495. The Bertz CT molecular complexity index is 890. The van der Waals surface area contributed by atoms with Gasteiger partial charge in [-0.25, -0.2) is 4.79 Å². The van der Waals surface area contributed by atoms with Crippen molar-refractivity contribution in [2.75, 3.05) is 18.5 Å². The van der Waals surface area contributed by atoms with Gasteiger partial charge in [0.1, 0.15) is 6.61 Å². The first-order valence-electron chi connectivity index (χ1n) is 9.40. The molecule has 0 fully saturated rings. The maximum Gasteiger partial charge on any atom is 0.351 e. The number of hydrogen-bond acceptors (Lipinski definition) is 6. The molecule has 0 aliphatic carbocycles. The SMILES string of the molecule is CC(C)CC(=O)Nc1ccc(C(=O)COC(=O)[C@@H]2COc3ccccc3O2)cc1. The lowest BCUT2D eigenvalue weighted by Gasteiger charge is -2.24. The summed E-state index contributed by atoms with van der Waals surface area (Å²) in [5, 5.41) is 2.77. The first-order valence-corrected chi connectivity index (χ1v) is 9.40. The van der Waals surface area contributed by atoms with Gasteiger partial charge in [0.15, 0.2) is 23.9 Å². The van der Waals surface area contributed by atoms with Crippen molar-refractivity contribution in [1.29, 1.82) is 0 Å². The average molecular weight is 397 g/mol. The van der Waals surface area contributed by atoms with Crippen molar-refractivity contribution in [3.8, 4) is 11.5 Å². The Morgan fingerprint density at radius 3 is 2.45 bits per heavy atom. The number of ether oxygens (including phenoxy) is 3. The Kier molecular flexibility index (Phi) is 6.49. The van der Waals surface area contributed by atoms with Gasteiger partial charge in [-0.1, -0.05) is 26.0 Å². The molecule has 0 radical (unpaired) electrons. The number of anilines is 1. The van der Waals surface area contributed by atoms with Gasteiger partial charge in [-0.2, -0.15) is 0 Å². The normalized spacial score (nSPS) is 14.9. The number of esters is 1. The predicted octanol–water partition coefficient (Wildman–Crippen LogP) is 3.24. The maximum atomic E-state index is 12.3. The minimum absolute atomic E-state index is 0.0226. The van der Waals surface area contributed by atoms with E-state index >= 15 is 0 Å². The number of fused-ring (bicyclic) bond motifs is 1. The monoisotopic (exact) mass is 397 g/mol. The van der Waals surface area contributed by atoms with Crippen LogP contribution in [-0.2, 0) is 14.3 Å². The highest BCUT2D eigenvalue weighted by molar-refractivity contribution is 5.99. The summed E-state index contributed by atoms with van der Waals surface area (Å²) in [5.41, 5.74) is 0.987. The number of ketones is 1. The molecule has 3 rings (SSSR count). The first-order chi connectivity index (χ1) is 13.9. The highest BCUT2D eigenvalue weighted by atomic mass is 16.6. The molecular formula is C22H23NO6. The lowest BCUT2D eigenvalue weighted by atomic mass is 10.1. The van der Waals surface area contributed by atoms with Crippen molar-refractivity contribution in [2.45, 2.75) is 26.4 Å². The molecule has 1 N–H and O–H groups in total. The van der Waals surface area contributed by atoms with E-state index < -0.39 is 18.7 Å². The summed E-state index contributed by atoms with van der Waals surface area (Å²) in [4.78, 5) is 36.2. The predicted molar refractivity (Wildman–Crippen MR) is 106 cm³/mol. The number of carbonyl (C=O) groups is 3. The van der Waals surface area contributed by atoms with Gasteiger partial charge in [-0.15, -0.1) is 0 Å². The van der Waals surface area contributed by atoms with Crippen LogP contribution in [0.5, 0.6) is 11.5 Å². The lowest BCUT2D eigenvalue weighted by molar-refractivity contribution is -0.153. The largest absolute Gasteiger partial charge is 0.485 e. The number of para-hydroxylation sites is 2. The molecule has 0 unspecified atom stereocenters. The second-order valence-electron chi connectivity index (χ2n) is 7.12. The van der Waals surface area contributed by atoms with Crippen LogP contribution in [0.15, 0.2) is 48.5 Å². The van der Waals surface area contributed by atoms with E-state index in [4.69, 9.17) is 14.2 Å². The zero-order chi connectivity index (χ0) is 20.8. The van der Waals surface area contributed by atoms with Gasteiger partial charge in [0.25, 0.3) is 0 Å². The van der Waals surface area contributed by atoms with Crippen molar-refractivity contribution in [2.24, 2.45) is 5.92 Å². The third-order valence-corrected chi connectivity index (χ3v) is 4.20. The second-order valence-corrected chi connectivity index (χ2v) is 7.12. The van der Waals surface area contributed by atoms with Crippen molar-refractivity contribution in [3.05, 3.63) is 54.1 Å². The maximum absolute atomic E-state index is 12.3. The molecule has 1 aliphatic rings. The smallest absolute Gasteiger partial charge is 0.351 e. The summed E-state index contributed by atoms with van der Waals surface area (Å²) in [6.45, 7) is 3.55. The van der Waals surface area contributed by atoms with Gasteiger partial charge in [-0.3, -0.25) is 9.59 Å². The van der Waals surface area contributed by atoms with Crippen LogP contribution < -0.4 is 14.8 Å². The number of Topliss-reactive ketones (excluding diaryl/α,β-unsaturated/α-hetero) is 1. The molecule has 0 spiro atoms. The molecule has 0 saturated carbocycles. The van der Waals surface area contributed by atoms with Crippen molar-refractivity contribution >= 4 is 23.3 Å². The third kappa shape index (κ3) is 5.57. The Balaban J connectivity index is 1.49. The number of benzene rings is 2. The van der Waals surface area contributed by atoms with E-state index in [-0.39, 0.29) is 24.2 Å². The van der Waals surface area contributed by atoms with Gasteiger partial charge in [0.2, 0.25) is 12.0 Å². The van der Waals surface area contributed by atoms with E-state index in [2.05, 4.69) is 5.32 Å². The van der Waals surface area contributed by atoms with E-state index in [1.54, 1.807) is 48.5 Å². The van der Waals surface area contributed by atoms with Crippen LogP contribution in [0.4, 0.5) is 5.69 Å². The molecule has 0 aromatic heterocycles. The van der Waals surface area contributed by atoms with E-state index in [1.165, 1.54) is 0 Å². The Labute approximate surface area is 169 Å². The average Bonchev–Trinajstić information content (AvgIpc) is 2.71. The van der Waals surface area contributed by atoms with E-state index in [9.17, 15) is 14.4 Å². The number of amides is 1. The topological polar surface area (TPSA) is 90.9 Å². The molecule has 29 heavy (non-hydrogen) atoms. The third-order valence-electron chi connectivity index (χ3n) is 4.20. The lowest BCUT2D eigenvalue weighted by Crippen LogP contribution is -2.38. The summed E-state index contributed by atoms with van der Waals surface area (Å²) < 4.78 is 16.1. The second kappa shape index (κ2) is 9.23. The Hall–Kier alpha value is -3.35. The van der Waals surface area contributed by atoms with Crippen LogP contribution >= 0.6 is 0 Å². The quantitative estimate of drug-likeness (QED) is 0.570. The summed E-state index contributed by atoms with van der Waals surface area (Å²) in [5.74, 6) is 0.193. The highest BCUT2D eigenvalue weighted by Crippen LogP contribution is 2.31. The number of nitrogens with one attached hydrogen (secondary N) is 1. The van der Waals surface area contributed by atoms with Crippen LogP contribution in [0.2, 0.25) is 0 Å². The standard InChI is InChI=1S/C22H23NO6/c1-14(2)11-21(25)23-16-9-7-15(8-10-16)17(24)12-28-22(26)20-13-27-18-5-3-4-6-19(18)29-20/h3-10,14,20H,11-13H2,1-2H3,(H,23,25)/t20-/m0/s1. The molecule has 2 aromatic rings. The van der Waals surface area contributed by atoms with Crippen LogP contribution in [0, 0.1) is 5.92 Å². The van der Waals surface area contributed by atoms with Gasteiger partial charge in [0, 0.05) is 17.7 Å². The fraction of sp³-hybridized carbons (Fsp3) is 0.318. The molecule has 1 heterocycles. The Morgan fingerprint density at radius 2 is 1.76 bits per heavy atom. The molecular weight excluding hydrogens is 374 g/mol. The van der Waals surface area contributed by atoms with Crippen LogP contribution in [0.25, 0.3) is 0 Å². The molecule has 152 valence electrons. The van der Waals surface area contributed by atoms with Gasteiger partial charge < -0.3 is 19.5 Å². The summed E-state index contributed by atoms with van der Waals surface area (Å²) >= 11 is 0. The fourth-order valence-corrected chi connectivity index (χ4v) is 2.77. The molecule has 7 nitrogen and oxygen atoms in total. The molecule has 2 aromatic carbocycles. The van der Waals surface area contributed by atoms with E-state index in [1.807, 2.05) is 13.8 Å². The van der Waals surface area contributed by atoms with Crippen molar-refractivity contribution < 1.29 is 28.6 Å². The van der Waals surface area contributed by atoms with Gasteiger partial charge in [-0.05, 0) is 42.3 Å². The van der Waals surface area contributed by atoms with Gasteiger partial charge in [0.05, 0.1) is 0 Å².